The van der Waals surface area contributed by atoms with E-state index in [9.17, 15) is 18.0 Å². The third kappa shape index (κ3) is 3.78. The zero-order valence-electron chi connectivity index (χ0n) is 13.8. The molecule has 1 unspecified atom stereocenters. The number of halogens is 3. The van der Waals surface area contributed by atoms with Crippen molar-refractivity contribution in [3.05, 3.63) is 65.2 Å². The molecule has 0 spiro atoms. The molecule has 1 saturated carbocycles. The zero-order valence-corrected chi connectivity index (χ0v) is 13.8. The lowest BCUT2D eigenvalue weighted by Crippen LogP contribution is -2.35. The first-order chi connectivity index (χ1) is 11.8. The summed E-state index contributed by atoms with van der Waals surface area (Å²) >= 11 is 0. The van der Waals surface area contributed by atoms with Crippen molar-refractivity contribution in [2.75, 3.05) is 5.73 Å². The largest absolute Gasteiger partial charge is 0.416 e. The van der Waals surface area contributed by atoms with Crippen LogP contribution in [0.4, 0.5) is 18.9 Å². The van der Waals surface area contributed by atoms with E-state index in [1.54, 1.807) is 42.2 Å². The van der Waals surface area contributed by atoms with Gasteiger partial charge in [0.2, 0.25) is 0 Å². The molecule has 1 amide bonds. The van der Waals surface area contributed by atoms with Crippen molar-refractivity contribution >= 4 is 11.6 Å². The van der Waals surface area contributed by atoms with Gasteiger partial charge in [0.25, 0.3) is 5.91 Å². The number of carbonyl (C=O) groups is 1. The van der Waals surface area contributed by atoms with Crippen molar-refractivity contribution in [2.24, 2.45) is 0 Å². The Labute approximate surface area is 144 Å². The van der Waals surface area contributed by atoms with Gasteiger partial charge in [0.05, 0.1) is 11.6 Å². The lowest BCUT2D eigenvalue weighted by Gasteiger charge is -2.30. The quantitative estimate of drug-likeness (QED) is 0.817. The van der Waals surface area contributed by atoms with E-state index in [-0.39, 0.29) is 11.9 Å². The van der Waals surface area contributed by atoms with Gasteiger partial charge in [-0.2, -0.15) is 13.2 Å². The molecule has 2 aromatic carbocycles. The molecule has 0 bridgehead atoms. The normalized spacial score (nSPS) is 15.7. The van der Waals surface area contributed by atoms with Crippen LogP contribution in [0, 0.1) is 0 Å². The highest BCUT2D eigenvalue weighted by atomic mass is 19.4. The van der Waals surface area contributed by atoms with Crippen LogP contribution in [0.15, 0.2) is 48.5 Å². The summed E-state index contributed by atoms with van der Waals surface area (Å²) in [5.74, 6) is -0.209. The van der Waals surface area contributed by atoms with Gasteiger partial charge in [-0.1, -0.05) is 18.2 Å². The summed E-state index contributed by atoms with van der Waals surface area (Å²) in [4.78, 5) is 14.6. The predicted molar refractivity (Wildman–Crippen MR) is 89.9 cm³/mol. The number of rotatable bonds is 4. The molecule has 0 heterocycles. The van der Waals surface area contributed by atoms with Gasteiger partial charge < -0.3 is 10.6 Å². The number of hydrogen-bond acceptors (Lipinski definition) is 2. The number of amides is 1. The maximum atomic E-state index is 13.0. The van der Waals surface area contributed by atoms with Gasteiger partial charge in [-0.25, -0.2) is 0 Å². The van der Waals surface area contributed by atoms with E-state index >= 15 is 0 Å². The van der Waals surface area contributed by atoms with Crippen LogP contribution >= 0.6 is 0 Å². The second-order valence-electron chi connectivity index (χ2n) is 6.37. The first kappa shape index (κ1) is 17.3. The van der Waals surface area contributed by atoms with E-state index in [4.69, 9.17) is 5.73 Å². The van der Waals surface area contributed by atoms with Crippen molar-refractivity contribution in [1.29, 1.82) is 0 Å². The minimum absolute atomic E-state index is 0.0541. The van der Waals surface area contributed by atoms with Crippen LogP contribution in [-0.2, 0) is 6.18 Å². The number of alkyl halides is 3. The lowest BCUT2D eigenvalue weighted by molar-refractivity contribution is -0.137. The molecule has 2 aromatic rings. The molecule has 0 aliphatic heterocycles. The van der Waals surface area contributed by atoms with Crippen LogP contribution in [0.2, 0.25) is 0 Å². The van der Waals surface area contributed by atoms with Crippen molar-refractivity contribution in [3.63, 3.8) is 0 Å². The average Bonchev–Trinajstić information content (AvgIpc) is 3.39. The van der Waals surface area contributed by atoms with Gasteiger partial charge in [0.1, 0.15) is 0 Å². The Bertz CT molecular complexity index is 784. The van der Waals surface area contributed by atoms with E-state index in [2.05, 4.69) is 0 Å². The molecule has 0 saturated heterocycles. The maximum Gasteiger partial charge on any atom is 0.416 e. The summed E-state index contributed by atoms with van der Waals surface area (Å²) in [7, 11) is 0. The Balaban J connectivity index is 1.92. The fourth-order valence-corrected chi connectivity index (χ4v) is 2.97. The third-order valence-corrected chi connectivity index (χ3v) is 4.42. The highest BCUT2D eigenvalue weighted by Crippen LogP contribution is 2.37. The van der Waals surface area contributed by atoms with E-state index < -0.39 is 17.8 Å². The van der Waals surface area contributed by atoms with E-state index in [0.29, 0.717) is 16.8 Å². The van der Waals surface area contributed by atoms with Gasteiger partial charge in [0.15, 0.2) is 0 Å². The summed E-state index contributed by atoms with van der Waals surface area (Å²) in [6.07, 6.45) is -2.69. The molecular weight excluding hydrogens is 329 g/mol. The van der Waals surface area contributed by atoms with E-state index in [0.717, 1.165) is 25.0 Å². The first-order valence-corrected chi connectivity index (χ1v) is 8.13. The molecule has 25 heavy (non-hydrogen) atoms. The Morgan fingerprint density at radius 2 is 1.84 bits per heavy atom. The van der Waals surface area contributed by atoms with Gasteiger partial charge >= 0.3 is 6.18 Å². The second-order valence-corrected chi connectivity index (χ2v) is 6.37. The van der Waals surface area contributed by atoms with Crippen LogP contribution in [0.25, 0.3) is 0 Å². The molecule has 1 fully saturated rings. The van der Waals surface area contributed by atoms with Crippen LogP contribution < -0.4 is 5.73 Å². The minimum atomic E-state index is -4.40. The summed E-state index contributed by atoms with van der Waals surface area (Å²) in [6, 6.07) is 11.4. The monoisotopic (exact) mass is 348 g/mol. The number of hydrogen-bond donors (Lipinski definition) is 1. The predicted octanol–water partition coefficient (Wildman–Crippen LogP) is 4.65. The standard InChI is InChI=1S/C19H19F3N2O/c1-12(13-4-2-6-15(10-13)19(20,21)22)24(17-8-9-17)18(25)14-5-3-7-16(23)11-14/h2-7,10-12,17H,8-9,23H2,1H3. The highest BCUT2D eigenvalue weighted by molar-refractivity contribution is 5.95. The Hall–Kier alpha value is -2.50. The molecule has 132 valence electrons. The Kier molecular flexibility index (Phi) is 4.45. The SMILES string of the molecule is CC(c1cccc(C(F)(F)F)c1)N(C(=O)c1cccc(N)c1)C1CC1. The molecule has 1 aliphatic carbocycles. The van der Waals surface area contributed by atoms with Gasteiger partial charge in [-0.05, 0) is 55.7 Å². The number of carbonyl (C=O) groups excluding carboxylic acids is 1. The summed E-state index contributed by atoms with van der Waals surface area (Å²) in [5, 5.41) is 0. The van der Waals surface area contributed by atoms with Gasteiger partial charge in [-0.15, -0.1) is 0 Å². The first-order valence-electron chi connectivity index (χ1n) is 8.13. The number of nitrogens with zero attached hydrogens (tertiary/aromatic N) is 1. The lowest BCUT2D eigenvalue weighted by atomic mass is 10.0. The molecule has 3 nitrogen and oxygen atoms in total. The number of nitrogen functional groups attached to an aromatic ring is 1. The molecule has 0 aromatic heterocycles. The van der Waals surface area contributed by atoms with Gasteiger partial charge in [0, 0.05) is 17.3 Å². The van der Waals surface area contributed by atoms with Crippen LogP contribution in [0.5, 0.6) is 0 Å². The molecule has 1 atom stereocenters. The smallest absolute Gasteiger partial charge is 0.399 e. The van der Waals surface area contributed by atoms with Gasteiger partial charge in [-0.3, -0.25) is 4.79 Å². The maximum absolute atomic E-state index is 13.0. The van der Waals surface area contributed by atoms with E-state index in [1.165, 1.54) is 6.07 Å². The Morgan fingerprint density at radius 1 is 1.16 bits per heavy atom. The minimum Gasteiger partial charge on any atom is -0.399 e. The van der Waals surface area contributed by atoms with Crippen LogP contribution in [-0.4, -0.2) is 16.8 Å². The van der Waals surface area contributed by atoms with Crippen LogP contribution in [0.3, 0.4) is 0 Å². The Morgan fingerprint density at radius 3 is 2.44 bits per heavy atom. The van der Waals surface area contributed by atoms with Crippen molar-refractivity contribution in [3.8, 4) is 0 Å². The third-order valence-electron chi connectivity index (χ3n) is 4.42. The molecule has 6 heteroatoms. The molecule has 3 rings (SSSR count). The zero-order chi connectivity index (χ0) is 18.2. The van der Waals surface area contributed by atoms with Crippen molar-refractivity contribution in [1.82, 2.24) is 4.90 Å². The molecule has 0 radical (unpaired) electrons. The summed E-state index contributed by atoms with van der Waals surface area (Å²) < 4.78 is 38.9. The fraction of sp³-hybridized carbons (Fsp3) is 0.316. The topological polar surface area (TPSA) is 46.3 Å². The van der Waals surface area contributed by atoms with E-state index in [1.807, 2.05) is 0 Å². The number of nitrogens with two attached hydrogens (primary N) is 1. The summed E-state index contributed by atoms with van der Waals surface area (Å²) in [6.45, 7) is 1.76. The van der Waals surface area contributed by atoms with Crippen molar-refractivity contribution in [2.45, 2.75) is 38.0 Å². The molecule has 2 N–H and O–H groups in total. The fourth-order valence-electron chi connectivity index (χ4n) is 2.97. The average molecular weight is 348 g/mol. The molecular formula is C19H19F3N2O. The number of anilines is 1. The van der Waals surface area contributed by atoms with Crippen molar-refractivity contribution < 1.29 is 18.0 Å². The number of benzene rings is 2. The highest BCUT2D eigenvalue weighted by Gasteiger charge is 2.37. The van der Waals surface area contributed by atoms with Crippen LogP contribution in [0.1, 0.15) is 47.3 Å². The second kappa shape index (κ2) is 6.43. The summed E-state index contributed by atoms with van der Waals surface area (Å²) in [5.41, 5.74) is 6.44. The molecule has 1 aliphatic rings.